The molecule has 2 rings (SSSR count). The third-order valence-electron chi connectivity index (χ3n) is 3.07. The molecule has 0 unspecified atom stereocenters. The van der Waals surface area contributed by atoms with Crippen LogP contribution in [0.5, 0.6) is 0 Å². The molecule has 0 spiro atoms. The molecule has 3 heteroatoms. The van der Waals surface area contributed by atoms with Gasteiger partial charge in [0.1, 0.15) is 5.69 Å². The summed E-state index contributed by atoms with van der Waals surface area (Å²) >= 11 is 0. The first-order chi connectivity index (χ1) is 9.02. The van der Waals surface area contributed by atoms with Gasteiger partial charge in [0.15, 0.2) is 5.82 Å². The van der Waals surface area contributed by atoms with Gasteiger partial charge in [0.2, 0.25) is 0 Å². The predicted octanol–water partition coefficient (Wildman–Crippen LogP) is 3.87. The van der Waals surface area contributed by atoms with E-state index in [4.69, 9.17) is 0 Å². The van der Waals surface area contributed by atoms with Crippen molar-refractivity contribution < 1.29 is 0 Å². The summed E-state index contributed by atoms with van der Waals surface area (Å²) in [7, 11) is 0. The second-order valence-electron chi connectivity index (χ2n) is 5.61. The van der Waals surface area contributed by atoms with Crippen LogP contribution < -0.4 is 5.32 Å². The number of hydrogen-bond acceptors (Lipinski definition) is 3. The largest absolute Gasteiger partial charge is 0.369 e. The topological polar surface area (TPSA) is 37.8 Å². The molecule has 0 aliphatic carbocycles. The van der Waals surface area contributed by atoms with E-state index in [-0.39, 0.29) is 5.41 Å². The molecule has 19 heavy (non-hydrogen) atoms. The second kappa shape index (κ2) is 5.39. The Bertz CT molecular complexity index is 539. The zero-order valence-corrected chi connectivity index (χ0v) is 12.1. The zero-order chi connectivity index (χ0) is 13.9. The van der Waals surface area contributed by atoms with E-state index in [2.05, 4.69) is 67.2 Å². The van der Waals surface area contributed by atoms with Crippen LogP contribution >= 0.6 is 0 Å². The SMILES string of the molecule is CCNc1nccnc1-c1ccc(C(C)(C)C)cc1. The van der Waals surface area contributed by atoms with Crippen LogP contribution in [-0.4, -0.2) is 16.5 Å². The molecule has 1 aromatic heterocycles. The summed E-state index contributed by atoms with van der Waals surface area (Å²) in [4.78, 5) is 8.78. The summed E-state index contributed by atoms with van der Waals surface area (Å²) in [5.41, 5.74) is 3.50. The Labute approximate surface area is 115 Å². The number of nitrogens with one attached hydrogen (secondary N) is 1. The van der Waals surface area contributed by atoms with Crippen molar-refractivity contribution in [3.63, 3.8) is 0 Å². The van der Waals surface area contributed by atoms with E-state index in [0.717, 1.165) is 23.6 Å². The smallest absolute Gasteiger partial charge is 0.152 e. The maximum atomic E-state index is 4.43. The molecule has 1 N–H and O–H groups in total. The first-order valence-electron chi connectivity index (χ1n) is 6.68. The normalized spacial score (nSPS) is 11.4. The van der Waals surface area contributed by atoms with Crippen molar-refractivity contribution in [3.05, 3.63) is 42.2 Å². The van der Waals surface area contributed by atoms with E-state index in [1.54, 1.807) is 12.4 Å². The number of anilines is 1. The fourth-order valence-electron chi connectivity index (χ4n) is 1.97. The van der Waals surface area contributed by atoms with Crippen molar-refractivity contribution in [2.45, 2.75) is 33.1 Å². The van der Waals surface area contributed by atoms with E-state index in [1.165, 1.54) is 5.56 Å². The van der Waals surface area contributed by atoms with Crippen LogP contribution in [0.1, 0.15) is 33.3 Å². The number of rotatable bonds is 3. The number of benzene rings is 1. The van der Waals surface area contributed by atoms with Gasteiger partial charge in [-0.1, -0.05) is 45.0 Å². The average molecular weight is 255 g/mol. The van der Waals surface area contributed by atoms with Gasteiger partial charge in [0.25, 0.3) is 0 Å². The molecule has 0 aliphatic rings. The van der Waals surface area contributed by atoms with Gasteiger partial charge in [-0.3, -0.25) is 4.98 Å². The van der Waals surface area contributed by atoms with Crippen molar-refractivity contribution in [1.82, 2.24) is 9.97 Å². The summed E-state index contributed by atoms with van der Waals surface area (Å²) in [6.07, 6.45) is 3.44. The highest BCUT2D eigenvalue weighted by molar-refractivity contribution is 5.71. The van der Waals surface area contributed by atoms with Crippen molar-refractivity contribution in [1.29, 1.82) is 0 Å². The minimum absolute atomic E-state index is 0.172. The predicted molar refractivity (Wildman–Crippen MR) is 80.3 cm³/mol. The first kappa shape index (κ1) is 13.5. The summed E-state index contributed by atoms with van der Waals surface area (Å²) in [6.45, 7) is 9.55. The van der Waals surface area contributed by atoms with E-state index in [9.17, 15) is 0 Å². The maximum absolute atomic E-state index is 4.43. The molecule has 0 amide bonds. The van der Waals surface area contributed by atoms with Crippen molar-refractivity contribution >= 4 is 5.82 Å². The molecule has 100 valence electrons. The fourth-order valence-corrected chi connectivity index (χ4v) is 1.97. The number of nitrogens with zero attached hydrogens (tertiary/aromatic N) is 2. The lowest BCUT2D eigenvalue weighted by Crippen LogP contribution is -2.10. The van der Waals surface area contributed by atoms with Crippen LogP contribution in [0.3, 0.4) is 0 Å². The van der Waals surface area contributed by atoms with Gasteiger partial charge in [-0.15, -0.1) is 0 Å². The molecule has 1 heterocycles. The van der Waals surface area contributed by atoms with Crippen LogP contribution in [0, 0.1) is 0 Å². The van der Waals surface area contributed by atoms with Crippen LogP contribution in [0.25, 0.3) is 11.3 Å². The molecule has 0 aliphatic heterocycles. The van der Waals surface area contributed by atoms with Gasteiger partial charge in [0.05, 0.1) is 0 Å². The summed E-state index contributed by atoms with van der Waals surface area (Å²) < 4.78 is 0. The van der Waals surface area contributed by atoms with Gasteiger partial charge in [-0.2, -0.15) is 0 Å². The van der Waals surface area contributed by atoms with Crippen LogP contribution in [0.15, 0.2) is 36.7 Å². The Balaban J connectivity index is 2.37. The molecular formula is C16H21N3. The number of aromatic nitrogens is 2. The molecule has 0 radical (unpaired) electrons. The number of hydrogen-bond donors (Lipinski definition) is 1. The molecular weight excluding hydrogens is 234 g/mol. The van der Waals surface area contributed by atoms with Crippen LogP contribution in [0.4, 0.5) is 5.82 Å². The summed E-state index contributed by atoms with van der Waals surface area (Å²) in [5.74, 6) is 0.841. The van der Waals surface area contributed by atoms with Crippen molar-refractivity contribution in [2.75, 3.05) is 11.9 Å². The molecule has 3 nitrogen and oxygen atoms in total. The van der Waals surface area contributed by atoms with Crippen LogP contribution in [-0.2, 0) is 5.41 Å². The fraction of sp³-hybridized carbons (Fsp3) is 0.375. The Morgan fingerprint density at radius 1 is 1.00 bits per heavy atom. The first-order valence-corrected chi connectivity index (χ1v) is 6.68. The Kier molecular flexibility index (Phi) is 3.84. The molecule has 2 aromatic rings. The quantitative estimate of drug-likeness (QED) is 0.904. The van der Waals surface area contributed by atoms with Gasteiger partial charge in [-0.25, -0.2) is 4.98 Å². The standard InChI is InChI=1S/C16H21N3/c1-5-17-15-14(18-10-11-19-15)12-6-8-13(9-7-12)16(2,3)4/h6-11H,5H2,1-4H3,(H,17,19). The highest BCUT2D eigenvalue weighted by atomic mass is 15.0. The minimum Gasteiger partial charge on any atom is -0.369 e. The van der Waals surface area contributed by atoms with Gasteiger partial charge >= 0.3 is 0 Å². The van der Waals surface area contributed by atoms with E-state index in [0.29, 0.717) is 0 Å². The molecule has 0 atom stereocenters. The maximum Gasteiger partial charge on any atom is 0.152 e. The molecule has 0 bridgehead atoms. The highest BCUT2D eigenvalue weighted by Gasteiger charge is 2.14. The Hall–Kier alpha value is -1.90. The third kappa shape index (κ3) is 3.11. The molecule has 0 saturated heterocycles. The van der Waals surface area contributed by atoms with Crippen molar-refractivity contribution in [2.24, 2.45) is 0 Å². The molecule has 0 saturated carbocycles. The van der Waals surface area contributed by atoms with E-state index >= 15 is 0 Å². The lowest BCUT2D eigenvalue weighted by molar-refractivity contribution is 0.590. The lowest BCUT2D eigenvalue weighted by atomic mass is 9.86. The van der Waals surface area contributed by atoms with Gasteiger partial charge in [-0.05, 0) is 17.9 Å². The summed E-state index contributed by atoms with van der Waals surface area (Å²) in [5, 5.41) is 3.25. The second-order valence-corrected chi connectivity index (χ2v) is 5.61. The van der Waals surface area contributed by atoms with E-state index in [1.807, 2.05) is 0 Å². The van der Waals surface area contributed by atoms with Gasteiger partial charge in [0, 0.05) is 24.5 Å². The Morgan fingerprint density at radius 2 is 1.63 bits per heavy atom. The highest BCUT2D eigenvalue weighted by Crippen LogP contribution is 2.27. The Morgan fingerprint density at radius 3 is 2.21 bits per heavy atom. The summed E-state index contributed by atoms with van der Waals surface area (Å²) in [6, 6.07) is 8.57. The van der Waals surface area contributed by atoms with Gasteiger partial charge < -0.3 is 5.32 Å². The minimum atomic E-state index is 0.172. The molecule has 0 fully saturated rings. The molecule has 1 aromatic carbocycles. The van der Waals surface area contributed by atoms with E-state index < -0.39 is 0 Å². The lowest BCUT2D eigenvalue weighted by Gasteiger charge is -2.19. The zero-order valence-electron chi connectivity index (χ0n) is 12.1. The third-order valence-corrected chi connectivity index (χ3v) is 3.07. The van der Waals surface area contributed by atoms with Crippen molar-refractivity contribution in [3.8, 4) is 11.3 Å². The monoisotopic (exact) mass is 255 g/mol. The average Bonchev–Trinajstić information content (AvgIpc) is 2.39. The van der Waals surface area contributed by atoms with Crippen LogP contribution in [0.2, 0.25) is 0 Å².